The summed E-state index contributed by atoms with van der Waals surface area (Å²) in [5, 5.41) is 9.01. The summed E-state index contributed by atoms with van der Waals surface area (Å²) in [5.41, 5.74) is 0. The summed E-state index contributed by atoms with van der Waals surface area (Å²) in [4.78, 5) is 37.5. The zero-order chi connectivity index (χ0) is 13.3. The van der Waals surface area contributed by atoms with Gasteiger partial charge in [0.1, 0.15) is 0 Å². The van der Waals surface area contributed by atoms with Gasteiger partial charge in [0.15, 0.2) is 0 Å². The summed E-state index contributed by atoms with van der Waals surface area (Å²) in [6, 6.07) is 0. The Kier molecular flexibility index (Phi) is 3.54. The topological polar surface area (TPSA) is 77.9 Å². The highest BCUT2D eigenvalue weighted by Crippen LogP contribution is 2.23. The summed E-state index contributed by atoms with van der Waals surface area (Å²) in [6.45, 7) is 3.30. The van der Waals surface area contributed by atoms with Gasteiger partial charge < -0.3 is 14.9 Å². The van der Waals surface area contributed by atoms with E-state index in [4.69, 9.17) is 5.11 Å². The normalized spacial score (nSPS) is 27.9. The van der Waals surface area contributed by atoms with Crippen LogP contribution in [0.5, 0.6) is 0 Å². The molecule has 1 N–H and O–H groups in total. The molecule has 0 aromatic heterocycles. The van der Waals surface area contributed by atoms with Gasteiger partial charge >= 0.3 is 5.97 Å². The van der Waals surface area contributed by atoms with Crippen molar-refractivity contribution < 1.29 is 19.5 Å². The Morgan fingerprint density at radius 1 is 1.39 bits per heavy atom. The first-order valence-corrected chi connectivity index (χ1v) is 6.27. The predicted molar refractivity (Wildman–Crippen MR) is 62.7 cm³/mol. The summed E-state index contributed by atoms with van der Waals surface area (Å²) in [6.07, 6.45) is 1.32. The fraction of sp³-hybridized carbons (Fsp3) is 0.750. The second kappa shape index (κ2) is 4.96. The van der Waals surface area contributed by atoms with E-state index in [0.717, 1.165) is 6.42 Å². The van der Waals surface area contributed by atoms with Crippen LogP contribution >= 0.6 is 0 Å². The molecule has 2 fully saturated rings. The molecule has 0 aliphatic carbocycles. The third kappa shape index (κ3) is 2.47. The molecule has 0 bridgehead atoms. The van der Waals surface area contributed by atoms with Crippen molar-refractivity contribution in [2.24, 2.45) is 11.8 Å². The molecule has 2 heterocycles. The van der Waals surface area contributed by atoms with E-state index in [-0.39, 0.29) is 30.8 Å². The molecule has 2 atom stereocenters. The molecule has 18 heavy (non-hydrogen) atoms. The molecule has 2 aliphatic rings. The van der Waals surface area contributed by atoms with E-state index in [1.807, 2.05) is 6.92 Å². The lowest BCUT2D eigenvalue weighted by Gasteiger charge is -2.20. The van der Waals surface area contributed by atoms with Gasteiger partial charge in [-0.3, -0.25) is 14.4 Å². The van der Waals surface area contributed by atoms with Crippen LogP contribution in [0.1, 0.15) is 19.8 Å². The lowest BCUT2D eigenvalue weighted by Crippen LogP contribution is -2.40. The third-order valence-electron chi connectivity index (χ3n) is 3.78. The maximum atomic E-state index is 12.0. The summed E-state index contributed by atoms with van der Waals surface area (Å²) < 4.78 is 0. The van der Waals surface area contributed by atoms with Gasteiger partial charge in [-0.25, -0.2) is 0 Å². The molecule has 0 aromatic carbocycles. The Balaban J connectivity index is 1.91. The lowest BCUT2D eigenvalue weighted by atomic mass is 9.99. The van der Waals surface area contributed by atoms with Crippen LogP contribution in [0.2, 0.25) is 0 Å². The number of likely N-dealkylation sites (tertiary alicyclic amines) is 2. The highest BCUT2D eigenvalue weighted by Gasteiger charge is 2.37. The Labute approximate surface area is 106 Å². The SMILES string of the molecule is C[C@@H]1CN(C(=O)CN2CCCC2=O)C[C@H]1C(=O)O. The van der Waals surface area contributed by atoms with Crippen molar-refractivity contribution in [3.8, 4) is 0 Å². The minimum absolute atomic E-state index is 0.0189. The predicted octanol–water partition coefficient (Wildman–Crippen LogP) is -0.212. The van der Waals surface area contributed by atoms with Crippen molar-refractivity contribution in [2.45, 2.75) is 19.8 Å². The Bertz CT molecular complexity index is 382. The van der Waals surface area contributed by atoms with Gasteiger partial charge in [0.05, 0.1) is 12.5 Å². The van der Waals surface area contributed by atoms with Crippen LogP contribution in [0, 0.1) is 11.8 Å². The molecule has 2 rings (SSSR count). The number of hydrogen-bond donors (Lipinski definition) is 1. The van der Waals surface area contributed by atoms with Crippen molar-refractivity contribution in [2.75, 3.05) is 26.2 Å². The van der Waals surface area contributed by atoms with Crippen LogP contribution in [-0.2, 0) is 14.4 Å². The first-order chi connectivity index (χ1) is 8.49. The molecular weight excluding hydrogens is 236 g/mol. The summed E-state index contributed by atoms with van der Waals surface area (Å²) in [7, 11) is 0. The van der Waals surface area contributed by atoms with Gasteiger partial charge in [-0.2, -0.15) is 0 Å². The highest BCUT2D eigenvalue weighted by molar-refractivity contribution is 5.86. The largest absolute Gasteiger partial charge is 0.481 e. The molecule has 6 heteroatoms. The van der Waals surface area contributed by atoms with Crippen molar-refractivity contribution in [1.29, 1.82) is 0 Å². The van der Waals surface area contributed by atoms with Crippen LogP contribution in [0.4, 0.5) is 0 Å². The molecule has 0 unspecified atom stereocenters. The Hall–Kier alpha value is -1.59. The molecule has 0 aromatic rings. The molecule has 100 valence electrons. The van der Waals surface area contributed by atoms with Crippen molar-refractivity contribution in [1.82, 2.24) is 9.80 Å². The highest BCUT2D eigenvalue weighted by atomic mass is 16.4. The maximum absolute atomic E-state index is 12.0. The number of carbonyl (C=O) groups excluding carboxylic acids is 2. The molecule has 6 nitrogen and oxygen atoms in total. The average molecular weight is 254 g/mol. The van der Waals surface area contributed by atoms with E-state index in [9.17, 15) is 14.4 Å². The first kappa shape index (κ1) is 12.9. The standard InChI is InChI=1S/C12H18N2O4/c1-8-5-14(6-9(8)12(17)18)11(16)7-13-4-2-3-10(13)15/h8-9H,2-7H2,1H3,(H,17,18)/t8-,9-/m1/s1. The van der Waals surface area contributed by atoms with Gasteiger partial charge in [0.2, 0.25) is 11.8 Å². The van der Waals surface area contributed by atoms with Crippen LogP contribution < -0.4 is 0 Å². The van der Waals surface area contributed by atoms with Crippen LogP contribution in [0.3, 0.4) is 0 Å². The molecule has 2 aliphatic heterocycles. The fourth-order valence-corrected chi connectivity index (χ4v) is 2.63. The Morgan fingerprint density at radius 3 is 2.61 bits per heavy atom. The summed E-state index contributed by atoms with van der Waals surface area (Å²) in [5.74, 6) is -1.48. The smallest absolute Gasteiger partial charge is 0.308 e. The van der Waals surface area contributed by atoms with Crippen LogP contribution in [0.25, 0.3) is 0 Å². The number of rotatable bonds is 3. The average Bonchev–Trinajstić information content (AvgIpc) is 2.86. The minimum Gasteiger partial charge on any atom is -0.481 e. The van der Waals surface area contributed by atoms with Gasteiger partial charge in [-0.1, -0.05) is 6.92 Å². The van der Waals surface area contributed by atoms with E-state index < -0.39 is 11.9 Å². The number of aliphatic carboxylic acids is 1. The van der Waals surface area contributed by atoms with E-state index in [1.165, 1.54) is 0 Å². The van der Waals surface area contributed by atoms with Gasteiger partial charge in [0, 0.05) is 26.1 Å². The molecule has 2 amide bonds. The van der Waals surface area contributed by atoms with Gasteiger partial charge in [-0.15, -0.1) is 0 Å². The first-order valence-electron chi connectivity index (χ1n) is 6.27. The lowest BCUT2D eigenvalue weighted by molar-refractivity contribution is -0.143. The minimum atomic E-state index is -0.852. The third-order valence-corrected chi connectivity index (χ3v) is 3.78. The van der Waals surface area contributed by atoms with Crippen molar-refractivity contribution >= 4 is 17.8 Å². The fourth-order valence-electron chi connectivity index (χ4n) is 2.63. The van der Waals surface area contributed by atoms with Gasteiger partial charge in [0.25, 0.3) is 0 Å². The molecule has 0 spiro atoms. The summed E-state index contributed by atoms with van der Waals surface area (Å²) >= 11 is 0. The molecular formula is C12H18N2O4. The van der Waals surface area contributed by atoms with E-state index in [0.29, 0.717) is 19.5 Å². The van der Waals surface area contributed by atoms with E-state index in [2.05, 4.69) is 0 Å². The zero-order valence-corrected chi connectivity index (χ0v) is 10.5. The number of hydrogen-bond acceptors (Lipinski definition) is 3. The number of nitrogens with zero attached hydrogens (tertiary/aromatic N) is 2. The van der Waals surface area contributed by atoms with E-state index >= 15 is 0 Å². The second-order valence-corrected chi connectivity index (χ2v) is 5.14. The quantitative estimate of drug-likeness (QED) is 0.755. The number of carboxylic acid groups (broad SMARTS) is 1. The monoisotopic (exact) mass is 254 g/mol. The Morgan fingerprint density at radius 2 is 2.11 bits per heavy atom. The number of carboxylic acids is 1. The number of amides is 2. The van der Waals surface area contributed by atoms with Gasteiger partial charge in [-0.05, 0) is 12.3 Å². The maximum Gasteiger partial charge on any atom is 0.308 e. The molecule has 0 radical (unpaired) electrons. The van der Waals surface area contributed by atoms with E-state index in [1.54, 1.807) is 9.80 Å². The van der Waals surface area contributed by atoms with Crippen LogP contribution in [0.15, 0.2) is 0 Å². The zero-order valence-electron chi connectivity index (χ0n) is 10.5. The van der Waals surface area contributed by atoms with Crippen molar-refractivity contribution in [3.05, 3.63) is 0 Å². The van der Waals surface area contributed by atoms with Crippen LogP contribution in [-0.4, -0.2) is 58.9 Å². The molecule has 2 saturated heterocycles. The second-order valence-electron chi connectivity index (χ2n) is 5.14. The number of carbonyl (C=O) groups is 3. The molecule has 0 saturated carbocycles. The van der Waals surface area contributed by atoms with Crippen molar-refractivity contribution in [3.63, 3.8) is 0 Å².